The molecule has 2 amide bonds. The molecule has 1 aromatic rings. The predicted octanol–water partition coefficient (Wildman–Crippen LogP) is 2.10. The molecule has 0 radical (unpaired) electrons. The summed E-state index contributed by atoms with van der Waals surface area (Å²) in [5.74, 6) is 1.20. The first-order chi connectivity index (χ1) is 11.2. The molecule has 24 heavy (non-hydrogen) atoms. The normalized spacial score (nSPS) is 21.1. The van der Waals surface area contributed by atoms with Gasteiger partial charge in [0.05, 0.1) is 5.88 Å². The van der Waals surface area contributed by atoms with Crippen LogP contribution in [0.15, 0.2) is 24.3 Å². The number of rotatable bonds is 2. The van der Waals surface area contributed by atoms with Gasteiger partial charge in [-0.2, -0.15) is 0 Å². The maximum absolute atomic E-state index is 12.8. The van der Waals surface area contributed by atoms with Crippen LogP contribution in [0.5, 0.6) is 0 Å². The summed E-state index contributed by atoms with van der Waals surface area (Å²) in [6.45, 7) is 3.23. The van der Waals surface area contributed by atoms with Crippen molar-refractivity contribution in [3.05, 3.63) is 34.9 Å². The monoisotopic (exact) mass is 389 g/mol. The van der Waals surface area contributed by atoms with Gasteiger partial charge in [-0.3, -0.25) is 9.59 Å². The number of nitrogens with zero attached hydrogens (tertiary/aromatic N) is 2. The van der Waals surface area contributed by atoms with Crippen LogP contribution in [0.3, 0.4) is 0 Å². The van der Waals surface area contributed by atoms with Crippen molar-refractivity contribution in [2.45, 2.75) is 12.5 Å². The third-order valence-corrected chi connectivity index (χ3v) is 5.44. The minimum absolute atomic E-state index is 0. The van der Waals surface area contributed by atoms with Crippen molar-refractivity contribution in [1.82, 2.24) is 15.1 Å². The largest absolute Gasteiger partial charge is 0.340 e. The van der Waals surface area contributed by atoms with E-state index in [-0.39, 0.29) is 30.3 Å². The SMILES string of the molecule is Cl.O=C(C1CSCN1C(=O)c1ccc(Cl)cc1)N1CCCNCC1. The molecule has 0 aromatic heterocycles. The standard InChI is InChI=1S/C16H20ClN3O2S.ClH/c17-13-4-2-12(3-5-13)15(21)20-11-23-10-14(20)16(22)19-8-1-6-18-7-9-19;/h2-5,14,18H,1,6-11H2;1H. The Labute approximate surface area is 157 Å². The highest BCUT2D eigenvalue weighted by atomic mass is 35.5. The van der Waals surface area contributed by atoms with Crippen LogP contribution in [-0.4, -0.2) is 65.5 Å². The number of hydrogen-bond acceptors (Lipinski definition) is 4. The molecule has 5 nitrogen and oxygen atoms in total. The Bertz CT molecular complexity index is 577. The van der Waals surface area contributed by atoms with E-state index >= 15 is 0 Å². The molecule has 2 saturated heterocycles. The topological polar surface area (TPSA) is 52.7 Å². The number of carbonyl (C=O) groups excluding carboxylic acids is 2. The highest BCUT2D eigenvalue weighted by molar-refractivity contribution is 7.99. The summed E-state index contributed by atoms with van der Waals surface area (Å²) >= 11 is 7.51. The van der Waals surface area contributed by atoms with Crippen LogP contribution in [0.1, 0.15) is 16.8 Å². The lowest BCUT2D eigenvalue weighted by molar-refractivity contribution is -0.134. The third kappa shape index (κ3) is 4.36. The summed E-state index contributed by atoms with van der Waals surface area (Å²) in [6.07, 6.45) is 0.955. The summed E-state index contributed by atoms with van der Waals surface area (Å²) < 4.78 is 0. The van der Waals surface area contributed by atoms with Crippen molar-refractivity contribution in [2.24, 2.45) is 0 Å². The van der Waals surface area contributed by atoms with Crippen molar-refractivity contribution < 1.29 is 9.59 Å². The molecule has 0 saturated carbocycles. The van der Waals surface area contributed by atoms with Crippen LogP contribution in [0, 0.1) is 0 Å². The van der Waals surface area contributed by atoms with Gasteiger partial charge in [-0.15, -0.1) is 24.2 Å². The lowest BCUT2D eigenvalue weighted by atomic mass is 10.1. The third-order valence-electron chi connectivity index (χ3n) is 4.17. The van der Waals surface area contributed by atoms with E-state index in [1.807, 2.05) is 4.90 Å². The Morgan fingerprint density at radius 3 is 2.67 bits per heavy atom. The van der Waals surface area contributed by atoms with Gasteiger partial charge in [-0.1, -0.05) is 11.6 Å². The molecule has 0 spiro atoms. The maximum Gasteiger partial charge on any atom is 0.255 e. The number of benzene rings is 1. The Morgan fingerprint density at radius 2 is 1.92 bits per heavy atom. The number of carbonyl (C=O) groups is 2. The van der Waals surface area contributed by atoms with E-state index in [1.54, 1.807) is 40.9 Å². The van der Waals surface area contributed by atoms with Gasteiger partial charge < -0.3 is 15.1 Å². The molecule has 1 N–H and O–H groups in total. The number of hydrogen-bond donors (Lipinski definition) is 1. The van der Waals surface area contributed by atoms with E-state index in [0.29, 0.717) is 28.8 Å². The fraction of sp³-hybridized carbons (Fsp3) is 0.500. The molecule has 3 rings (SSSR count). The Kier molecular flexibility index (Phi) is 7.22. The van der Waals surface area contributed by atoms with E-state index in [0.717, 1.165) is 26.1 Å². The zero-order valence-corrected chi connectivity index (χ0v) is 15.6. The van der Waals surface area contributed by atoms with Crippen LogP contribution in [0.25, 0.3) is 0 Å². The number of thioether (sulfide) groups is 1. The number of nitrogens with one attached hydrogen (secondary N) is 1. The van der Waals surface area contributed by atoms with Gasteiger partial charge >= 0.3 is 0 Å². The predicted molar refractivity (Wildman–Crippen MR) is 100 cm³/mol. The molecule has 0 aliphatic carbocycles. The average Bonchev–Trinajstić information content (AvgIpc) is 2.89. The fourth-order valence-electron chi connectivity index (χ4n) is 2.88. The Morgan fingerprint density at radius 1 is 1.17 bits per heavy atom. The van der Waals surface area contributed by atoms with Crippen molar-refractivity contribution in [2.75, 3.05) is 37.8 Å². The summed E-state index contributed by atoms with van der Waals surface area (Å²) in [6, 6.07) is 6.47. The van der Waals surface area contributed by atoms with E-state index in [9.17, 15) is 9.59 Å². The summed E-state index contributed by atoms with van der Waals surface area (Å²) in [5, 5.41) is 3.89. The fourth-order valence-corrected chi connectivity index (χ4v) is 4.15. The summed E-state index contributed by atoms with van der Waals surface area (Å²) in [7, 11) is 0. The number of halogens is 2. The molecule has 1 atom stereocenters. The molecule has 132 valence electrons. The van der Waals surface area contributed by atoms with Gasteiger partial charge in [-0.05, 0) is 37.2 Å². The van der Waals surface area contributed by atoms with Gasteiger partial charge in [0.25, 0.3) is 5.91 Å². The Hall–Kier alpha value is -0.950. The molecule has 1 aromatic carbocycles. The second-order valence-corrected chi connectivity index (χ2v) is 7.16. The van der Waals surface area contributed by atoms with Crippen molar-refractivity contribution in [3.63, 3.8) is 0 Å². The second kappa shape index (κ2) is 8.94. The molecular weight excluding hydrogens is 369 g/mol. The molecule has 1 unspecified atom stereocenters. The Balaban J connectivity index is 0.00000208. The first kappa shape index (κ1) is 19.4. The van der Waals surface area contributed by atoms with Crippen LogP contribution in [0.2, 0.25) is 5.02 Å². The van der Waals surface area contributed by atoms with Gasteiger partial charge in [0.15, 0.2) is 0 Å². The maximum atomic E-state index is 12.8. The lowest BCUT2D eigenvalue weighted by Gasteiger charge is -2.29. The van der Waals surface area contributed by atoms with Crippen LogP contribution in [-0.2, 0) is 4.79 Å². The van der Waals surface area contributed by atoms with Crippen molar-refractivity contribution in [1.29, 1.82) is 0 Å². The second-order valence-electron chi connectivity index (χ2n) is 5.73. The van der Waals surface area contributed by atoms with Gasteiger partial charge in [0.2, 0.25) is 5.91 Å². The molecule has 2 aliphatic rings. The zero-order valence-electron chi connectivity index (χ0n) is 13.2. The summed E-state index contributed by atoms with van der Waals surface area (Å²) in [5.41, 5.74) is 0.576. The van der Waals surface area contributed by atoms with E-state index < -0.39 is 0 Å². The number of amides is 2. The first-order valence-electron chi connectivity index (χ1n) is 7.80. The van der Waals surface area contributed by atoms with Crippen molar-refractivity contribution in [3.8, 4) is 0 Å². The van der Waals surface area contributed by atoms with Gasteiger partial charge in [0.1, 0.15) is 6.04 Å². The molecular formula is C16H21Cl2N3O2S. The lowest BCUT2D eigenvalue weighted by Crippen LogP contribution is -2.49. The quantitative estimate of drug-likeness (QED) is 0.841. The minimum atomic E-state index is -0.360. The zero-order chi connectivity index (χ0) is 16.2. The summed E-state index contributed by atoms with van der Waals surface area (Å²) in [4.78, 5) is 29.1. The molecule has 8 heteroatoms. The molecule has 2 heterocycles. The van der Waals surface area contributed by atoms with Gasteiger partial charge in [0, 0.05) is 36.0 Å². The first-order valence-corrected chi connectivity index (χ1v) is 9.34. The molecule has 2 aliphatic heterocycles. The van der Waals surface area contributed by atoms with Gasteiger partial charge in [-0.25, -0.2) is 0 Å². The highest BCUT2D eigenvalue weighted by Gasteiger charge is 2.37. The highest BCUT2D eigenvalue weighted by Crippen LogP contribution is 2.25. The van der Waals surface area contributed by atoms with E-state index in [4.69, 9.17) is 11.6 Å². The smallest absolute Gasteiger partial charge is 0.255 e. The minimum Gasteiger partial charge on any atom is -0.340 e. The van der Waals surface area contributed by atoms with E-state index in [1.165, 1.54) is 0 Å². The van der Waals surface area contributed by atoms with Crippen LogP contribution in [0.4, 0.5) is 0 Å². The molecule has 2 fully saturated rings. The average molecular weight is 390 g/mol. The van der Waals surface area contributed by atoms with Crippen LogP contribution >= 0.6 is 35.8 Å². The molecule has 0 bridgehead atoms. The van der Waals surface area contributed by atoms with E-state index in [2.05, 4.69) is 5.32 Å². The van der Waals surface area contributed by atoms with Crippen LogP contribution < -0.4 is 5.32 Å². The van der Waals surface area contributed by atoms with Crippen molar-refractivity contribution >= 4 is 47.6 Å².